The summed E-state index contributed by atoms with van der Waals surface area (Å²) in [6, 6.07) is 2.01. The van der Waals surface area contributed by atoms with Crippen LogP contribution in [-0.4, -0.2) is 70.7 Å². The Kier molecular flexibility index (Phi) is 5.30. The summed E-state index contributed by atoms with van der Waals surface area (Å²) in [6.07, 6.45) is 4.93. The number of carbonyl (C=O) groups is 1. The van der Waals surface area contributed by atoms with Gasteiger partial charge >= 0.3 is 6.09 Å². The van der Waals surface area contributed by atoms with Gasteiger partial charge in [0.15, 0.2) is 0 Å². The first-order valence-corrected chi connectivity index (χ1v) is 12.0. The lowest BCUT2D eigenvalue weighted by Crippen LogP contribution is -2.61. The molecule has 2 aromatic heterocycles. The van der Waals surface area contributed by atoms with E-state index in [2.05, 4.69) is 16.9 Å². The molecule has 0 radical (unpaired) electrons. The number of aromatic nitrogens is 2. The molecule has 2 aromatic rings. The van der Waals surface area contributed by atoms with Gasteiger partial charge in [-0.1, -0.05) is 0 Å². The molecule has 0 unspecified atom stereocenters. The van der Waals surface area contributed by atoms with Gasteiger partial charge in [-0.25, -0.2) is 22.5 Å². The molecule has 2 saturated heterocycles. The monoisotopic (exact) mass is 434 g/mol. The predicted molar refractivity (Wildman–Crippen MR) is 115 cm³/mol. The van der Waals surface area contributed by atoms with Crippen LogP contribution in [-0.2, 0) is 14.8 Å². The van der Waals surface area contributed by atoms with Gasteiger partial charge in [0.05, 0.1) is 0 Å². The molecule has 30 heavy (non-hydrogen) atoms. The first kappa shape index (κ1) is 21.1. The summed E-state index contributed by atoms with van der Waals surface area (Å²) in [5, 5.41) is 0.618. The van der Waals surface area contributed by atoms with E-state index in [1.165, 1.54) is 16.0 Å². The van der Waals surface area contributed by atoms with Gasteiger partial charge in [0.2, 0.25) is 10.0 Å². The third-order valence-electron chi connectivity index (χ3n) is 5.99. The smallest absolute Gasteiger partial charge is 0.410 e. The standard InChI is InChI=1S/C21H30N4O4S/c1-14-5-8-22-19-18(14)17(11-23-19)15-6-9-25(10-7-15)30(27,28)16-12-24(13-16)20(26)29-21(2,3)4/h5,8,11,15-16H,6-7,9-10,12-13H2,1-4H3,(H,22,23). The van der Waals surface area contributed by atoms with Gasteiger partial charge in [-0.15, -0.1) is 0 Å². The highest BCUT2D eigenvalue weighted by Gasteiger charge is 2.44. The topological polar surface area (TPSA) is 95.6 Å². The Bertz CT molecular complexity index is 1040. The molecule has 9 heteroatoms. The maximum Gasteiger partial charge on any atom is 0.410 e. The van der Waals surface area contributed by atoms with Crippen molar-refractivity contribution in [2.24, 2.45) is 0 Å². The molecule has 0 atom stereocenters. The fourth-order valence-electron chi connectivity index (χ4n) is 4.31. The average Bonchev–Trinajstić information content (AvgIpc) is 3.04. The Hall–Kier alpha value is -2.13. The molecule has 8 nitrogen and oxygen atoms in total. The van der Waals surface area contributed by atoms with Crippen LogP contribution in [0.2, 0.25) is 0 Å². The molecule has 2 aliphatic rings. The highest BCUT2D eigenvalue weighted by molar-refractivity contribution is 7.89. The van der Waals surface area contributed by atoms with Crippen LogP contribution in [0.5, 0.6) is 0 Å². The Morgan fingerprint density at radius 1 is 1.23 bits per heavy atom. The van der Waals surface area contributed by atoms with Crippen LogP contribution in [0.4, 0.5) is 4.79 Å². The second-order valence-electron chi connectivity index (χ2n) is 9.32. The van der Waals surface area contributed by atoms with Gasteiger partial charge in [0.1, 0.15) is 16.5 Å². The van der Waals surface area contributed by atoms with Crippen LogP contribution in [0, 0.1) is 6.92 Å². The van der Waals surface area contributed by atoms with Crippen LogP contribution in [0.15, 0.2) is 18.5 Å². The van der Waals surface area contributed by atoms with Crippen molar-refractivity contribution in [3.05, 3.63) is 29.6 Å². The zero-order valence-electron chi connectivity index (χ0n) is 18.0. The van der Waals surface area contributed by atoms with E-state index in [1.54, 1.807) is 31.3 Å². The molecule has 0 saturated carbocycles. The largest absolute Gasteiger partial charge is 0.444 e. The number of aryl methyl sites for hydroxylation is 1. The molecule has 4 rings (SSSR count). The zero-order chi connectivity index (χ0) is 21.7. The van der Waals surface area contributed by atoms with E-state index in [1.807, 2.05) is 12.3 Å². The molecule has 4 heterocycles. The van der Waals surface area contributed by atoms with Gasteiger partial charge in [-0.2, -0.15) is 0 Å². The van der Waals surface area contributed by atoms with Crippen LogP contribution < -0.4 is 0 Å². The maximum absolute atomic E-state index is 13.0. The SMILES string of the molecule is Cc1ccnc2[nH]cc(C3CCN(S(=O)(=O)C4CN(C(=O)OC(C)(C)C)C4)CC3)c12. The van der Waals surface area contributed by atoms with E-state index in [0.29, 0.717) is 19.0 Å². The number of nitrogens with one attached hydrogen (secondary N) is 1. The number of pyridine rings is 1. The minimum atomic E-state index is -3.41. The average molecular weight is 435 g/mol. The number of H-pyrrole nitrogens is 1. The minimum Gasteiger partial charge on any atom is -0.444 e. The fourth-order valence-corrected chi connectivity index (χ4v) is 6.18. The van der Waals surface area contributed by atoms with E-state index in [-0.39, 0.29) is 13.1 Å². The normalized spacial score (nSPS) is 19.8. The second kappa shape index (κ2) is 7.53. The molecule has 2 aliphatic heterocycles. The van der Waals surface area contributed by atoms with Crippen molar-refractivity contribution in [2.45, 2.75) is 57.3 Å². The van der Waals surface area contributed by atoms with E-state index in [9.17, 15) is 13.2 Å². The van der Waals surface area contributed by atoms with E-state index < -0.39 is 27.0 Å². The number of carbonyl (C=O) groups excluding carboxylic acids is 1. The second-order valence-corrected chi connectivity index (χ2v) is 11.5. The Morgan fingerprint density at radius 3 is 2.53 bits per heavy atom. The van der Waals surface area contributed by atoms with E-state index >= 15 is 0 Å². The number of likely N-dealkylation sites (tertiary alicyclic amines) is 1. The summed E-state index contributed by atoms with van der Waals surface area (Å²) >= 11 is 0. The summed E-state index contributed by atoms with van der Waals surface area (Å²) in [5.74, 6) is 0.313. The molecule has 164 valence electrons. The molecule has 1 N–H and O–H groups in total. The molecule has 1 amide bonds. The van der Waals surface area contributed by atoms with Gasteiger partial charge in [0, 0.05) is 44.0 Å². The predicted octanol–water partition coefficient (Wildman–Crippen LogP) is 3.00. The highest BCUT2D eigenvalue weighted by Crippen LogP contribution is 2.35. The summed E-state index contributed by atoms with van der Waals surface area (Å²) in [6.45, 7) is 8.88. The molecule has 0 spiro atoms. The first-order chi connectivity index (χ1) is 14.1. The van der Waals surface area contributed by atoms with Gasteiger partial charge < -0.3 is 14.6 Å². The van der Waals surface area contributed by atoms with Crippen molar-refractivity contribution >= 4 is 27.1 Å². The van der Waals surface area contributed by atoms with Crippen molar-refractivity contribution in [3.8, 4) is 0 Å². The van der Waals surface area contributed by atoms with Crippen molar-refractivity contribution in [2.75, 3.05) is 26.2 Å². The fraction of sp³-hybridized carbons (Fsp3) is 0.619. The summed E-state index contributed by atoms with van der Waals surface area (Å²) < 4.78 is 32.9. The number of piperidine rings is 1. The highest BCUT2D eigenvalue weighted by atomic mass is 32.2. The van der Waals surface area contributed by atoms with Gasteiger partial charge in [-0.3, -0.25) is 0 Å². The van der Waals surface area contributed by atoms with Gasteiger partial charge in [0.25, 0.3) is 0 Å². The molecular formula is C21H30N4O4S. The number of aromatic amines is 1. The van der Waals surface area contributed by atoms with Crippen molar-refractivity contribution in [1.82, 2.24) is 19.2 Å². The zero-order valence-corrected chi connectivity index (χ0v) is 18.8. The third-order valence-corrected chi connectivity index (χ3v) is 8.21. The summed E-state index contributed by atoms with van der Waals surface area (Å²) in [4.78, 5) is 21.2. The van der Waals surface area contributed by atoms with Crippen molar-refractivity contribution in [3.63, 3.8) is 0 Å². The molecular weight excluding hydrogens is 404 g/mol. The number of sulfonamides is 1. The molecule has 0 aliphatic carbocycles. The van der Waals surface area contributed by atoms with E-state index in [4.69, 9.17) is 4.74 Å². The number of amides is 1. The quantitative estimate of drug-likeness (QED) is 0.801. The number of hydrogen-bond donors (Lipinski definition) is 1. The lowest BCUT2D eigenvalue weighted by atomic mass is 9.89. The molecule has 0 bridgehead atoms. The maximum atomic E-state index is 13.0. The van der Waals surface area contributed by atoms with Crippen molar-refractivity contribution < 1.29 is 17.9 Å². The Balaban J connectivity index is 1.37. The Morgan fingerprint density at radius 2 is 1.90 bits per heavy atom. The van der Waals surface area contributed by atoms with Crippen LogP contribution >= 0.6 is 0 Å². The number of nitrogens with zero attached hydrogens (tertiary/aromatic N) is 3. The lowest BCUT2D eigenvalue weighted by molar-refractivity contribution is 0.0135. The van der Waals surface area contributed by atoms with E-state index in [0.717, 1.165) is 23.9 Å². The summed E-state index contributed by atoms with van der Waals surface area (Å²) in [5.41, 5.74) is 2.71. The first-order valence-electron chi connectivity index (χ1n) is 10.5. The minimum absolute atomic E-state index is 0.199. The van der Waals surface area contributed by atoms with Gasteiger partial charge in [-0.05, 0) is 63.6 Å². The Labute approximate surface area is 177 Å². The third kappa shape index (κ3) is 3.92. The number of ether oxygens (including phenoxy) is 1. The van der Waals surface area contributed by atoms with Crippen LogP contribution in [0.3, 0.4) is 0 Å². The number of rotatable bonds is 3. The molecule has 2 fully saturated rings. The van der Waals surface area contributed by atoms with Crippen LogP contribution in [0.25, 0.3) is 11.0 Å². The summed E-state index contributed by atoms with van der Waals surface area (Å²) in [7, 11) is -3.41. The van der Waals surface area contributed by atoms with Crippen molar-refractivity contribution in [1.29, 1.82) is 0 Å². The number of fused-ring (bicyclic) bond motifs is 1. The van der Waals surface area contributed by atoms with Crippen LogP contribution in [0.1, 0.15) is 50.7 Å². The lowest BCUT2D eigenvalue weighted by Gasteiger charge is -2.42. The molecule has 0 aromatic carbocycles. The number of hydrogen-bond acceptors (Lipinski definition) is 5.